The number of nitrogens with two attached hydrogens (primary N) is 2. The van der Waals surface area contributed by atoms with Crippen molar-refractivity contribution in [1.29, 1.82) is 0 Å². The highest BCUT2D eigenvalue weighted by Gasteiger charge is 2.36. The summed E-state index contributed by atoms with van der Waals surface area (Å²) in [5, 5.41) is 2.63. The molecule has 2 heterocycles. The van der Waals surface area contributed by atoms with E-state index in [0.717, 1.165) is 0 Å². The Kier molecular flexibility index (Phi) is 7.58. The number of nitrogens with zero attached hydrogens (tertiary/aromatic N) is 4. The molecule has 0 aliphatic carbocycles. The summed E-state index contributed by atoms with van der Waals surface area (Å²) < 4.78 is 0.470. The lowest BCUT2D eigenvalue weighted by Crippen LogP contribution is -3.00. The molecule has 1 aromatic heterocycles. The fourth-order valence-corrected chi connectivity index (χ4v) is 3.22. The van der Waals surface area contributed by atoms with Crippen molar-refractivity contribution >= 4 is 41.0 Å². The number of imide groups is 1. The van der Waals surface area contributed by atoms with Crippen molar-refractivity contribution in [3.8, 4) is 0 Å². The third kappa shape index (κ3) is 5.30. The molecule has 0 fully saturated rings. The van der Waals surface area contributed by atoms with E-state index in [9.17, 15) is 14.4 Å². The lowest BCUT2D eigenvalue weighted by Gasteiger charge is -2.31. The first-order valence-corrected chi connectivity index (χ1v) is 9.62. The maximum absolute atomic E-state index is 12.5. The zero-order valence-electron chi connectivity index (χ0n) is 17.1. The van der Waals surface area contributed by atoms with Crippen LogP contribution in [0.4, 0.5) is 11.6 Å². The summed E-state index contributed by atoms with van der Waals surface area (Å²) in [4.78, 5) is 46.1. The van der Waals surface area contributed by atoms with Gasteiger partial charge in [0.25, 0.3) is 17.7 Å². The molecule has 3 rings (SSSR count). The van der Waals surface area contributed by atoms with Gasteiger partial charge in [0.2, 0.25) is 0 Å². The van der Waals surface area contributed by atoms with Crippen LogP contribution >= 0.6 is 11.6 Å². The summed E-state index contributed by atoms with van der Waals surface area (Å²) in [5.74, 6) is -1.22. The molecule has 0 bridgehead atoms. The van der Waals surface area contributed by atoms with Gasteiger partial charge in [-0.3, -0.25) is 19.3 Å². The van der Waals surface area contributed by atoms with Crippen LogP contribution in [0.1, 0.15) is 31.2 Å². The van der Waals surface area contributed by atoms with Crippen molar-refractivity contribution in [3.63, 3.8) is 0 Å². The van der Waals surface area contributed by atoms with Crippen molar-refractivity contribution in [1.82, 2.24) is 20.2 Å². The molecule has 2 aromatic rings. The van der Waals surface area contributed by atoms with Crippen LogP contribution in [-0.2, 0) is 0 Å². The predicted molar refractivity (Wildman–Crippen MR) is 112 cm³/mol. The largest absolute Gasteiger partial charge is 1.00 e. The first-order valence-electron chi connectivity index (χ1n) is 9.24. The Morgan fingerprint density at radius 3 is 2.23 bits per heavy atom. The van der Waals surface area contributed by atoms with E-state index in [2.05, 4.69) is 15.3 Å². The monoisotopic (exact) mass is 511 g/mol. The molecule has 1 aromatic carbocycles. The number of benzene rings is 1. The van der Waals surface area contributed by atoms with E-state index < -0.39 is 5.91 Å². The Bertz CT molecular complexity index is 997. The molecule has 5 N–H and O–H groups in total. The number of carbonyl (C=O) groups is 3. The van der Waals surface area contributed by atoms with Crippen LogP contribution in [0.25, 0.3) is 0 Å². The fraction of sp³-hybridized carbons (Fsp3) is 0.316. The SMILES string of the molecule is C[N+](C)(CCNC(=O)c1nc(Cl)c(N)nc1N)CCN1C(=O)c2ccccc2C1=O.[Br-]. The van der Waals surface area contributed by atoms with E-state index in [1.165, 1.54) is 4.90 Å². The molecule has 0 spiro atoms. The van der Waals surface area contributed by atoms with Crippen LogP contribution < -0.4 is 33.8 Å². The van der Waals surface area contributed by atoms with E-state index in [1.807, 2.05) is 14.1 Å². The van der Waals surface area contributed by atoms with E-state index in [0.29, 0.717) is 35.2 Å². The normalized spacial score (nSPS) is 13.1. The first-order chi connectivity index (χ1) is 14.1. The number of hydrogen-bond acceptors (Lipinski definition) is 7. The van der Waals surface area contributed by atoms with Gasteiger partial charge in [0.05, 0.1) is 51.4 Å². The Balaban J connectivity index is 0.00000341. The summed E-state index contributed by atoms with van der Waals surface area (Å²) >= 11 is 5.80. The topological polar surface area (TPSA) is 144 Å². The van der Waals surface area contributed by atoms with Crippen LogP contribution in [0.3, 0.4) is 0 Å². The van der Waals surface area contributed by atoms with Gasteiger partial charge in [-0.05, 0) is 12.1 Å². The molecule has 10 nitrogen and oxygen atoms in total. The van der Waals surface area contributed by atoms with Gasteiger partial charge in [0, 0.05) is 0 Å². The fourth-order valence-electron chi connectivity index (χ4n) is 3.09. The van der Waals surface area contributed by atoms with Gasteiger partial charge in [0.15, 0.2) is 22.5 Å². The number of nitrogen functional groups attached to an aromatic ring is 2. The van der Waals surface area contributed by atoms with Crippen LogP contribution in [0.15, 0.2) is 24.3 Å². The number of halogens is 2. The van der Waals surface area contributed by atoms with E-state index >= 15 is 0 Å². The average molecular weight is 513 g/mol. The quantitative estimate of drug-likeness (QED) is 0.273. The molecule has 31 heavy (non-hydrogen) atoms. The van der Waals surface area contributed by atoms with Crippen molar-refractivity contribution in [2.45, 2.75) is 0 Å². The molecular formula is C19H23BrClN7O3. The number of likely N-dealkylation sites (N-methyl/N-ethyl adjacent to an activating group) is 1. The van der Waals surface area contributed by atoms with E-state index in [-0.39, 0.29) is 57.8 Å². The number of hydrogen-bond donors (Lipinski definition) is 3. The van der Waals surface area contributed by atoms with E-state index in [4.69, 9.17) is 23.1 Å². The Labute approximate surface area is 194 Å². The zero-order chi connectivity index (χ0) is 22.1. The molecular weight excluding hydrogens is 490 g/mol. The van der Waals surface area contributed by atoms with Crippen molar-refractivity contribution in [2.75, 3.05) is 51.7 Å². The minimum Gasteiger partial charge on any atom is -1.00 e. The van der Waals surface area contributed by atoms with Crippen molar-refractivity contribution < 1.29 is 35.8 Å². The lowest BCUT2D eigenvalue weighted by molar-refractivity contribution is -0.888. The van der Waals surface area contributed by atoms with Crippen LogP contribution in [-0.4, -0.2) is 77.3 Å². The lowest BCUT2D eigenvalue weighted by atomic mass is 10.1. The van der Waals surface area contributed by atoms with Gasteiger partial charge >= 0.3 is 0 Å². The molecule has 0 atom stereocenters. The summed E-state index contributed by atoms with van der Waals surface area (Å²) in [6.45, 7) is 1.66. The number of aromatic nitrogens is 2. The molecule has 1 aliphatic heterocycles. The molecule has 0 radical (unpaired) electrons. The Morgan fingerprint density at radius 2 is 1.65 bits per heavy atom. The molecule has 12 heteroatoms. The number of fused-ring (bicyclic) bond motifs is 1. The van der Waals surface area contributed by atoms with Gasteiger partial charge in [-0.2, -0.15) is 0 Å². The van der Waals surface area contributed by atoms with Crippen LogP contribution in [0.2, 0.25) is 5.15 Å². The molecule has 0 saturated heterocycles. The van der Waals surface area contributed by atoms with Gasteiger partial charge < -0.3 is 38.2 Å². The summed E-state index contributed by atoms with van der Waals surface area (Å²) in [7, 11) is 3.89. The first kappa shape index (κ1) is 24.5. The highest BCUT2D eigenvalue weighted by Crippen LogP contribution is 2.22. The predicted octanol–water partition coefficient (Wildman–Crippen LogP) is -2.60. The second kappa shape index (κ2) is 9.58. The second-order valence-corrected chi connectivity index (χ2v) is 7.94. The van der Waals surface area contributed by atoms with Gasteiger partial charge in [0.1, 0.15) is 0 Å². The molecule has 3 amide bonds. The molecule has 1 aliphatic rings. The number of quaternary nitrogens is 1. The van der Waals surface area contributed by atoms with Gasteiger partial charge in [-0.25, -0.2) is 9.97 Å². The zero-order valence-corrected chi connectivity index (χ0v) is 19.4. The smallest absolute Gasteiger partial charge is 0.273 e. The number of rotatable bonds is 7. The molecule has 0 saturated carbocycles. The van der Waals surface area contributed by atoms with Crippen LogP contribution in [0.5, 0.6) is 0 Å². The second-order valence-electron chi connectivity index (χ2n) is 7.58. The van der Waals surface area contributed by atoms with Gasteiger partial charge in [-0.15, -0.1) is 0 Å². The minimum absolute atomic E-state index is 0. The van der Waals surface area contributed by atoms with Gasteiger partial charge in [-0.1, -0.05) is 23.7 Å². The number of amides is 3. The van der Waals surface area contributed by atoms with E-state index in [1.54, 1.807) is 24.3 Å². The average Bonchev–Trinajstić information content (AvgIpc) is 2.93. The van der Waals surface area contributed by atoms with Crippen molar-refractivity contribution in [2.24, 2.45) is 0 Å². The maximum atomic E-state index is 12.5. The molecule has 0 unspecified atom stereocenters. The third-order valence-corrected chi connectivity index (χ3v) is 5.21. The summed E-state index contributed by atoms with van der Waals surface area (Å²) in [6.07, 6.45) is 0. The third-order valence-electron chi connectivity index (χ3n) is 4.93. The Morgan fingerprint density at radius 1 is 1.06 bits per heavy atom. The summed E-state index contributed by atoms with van der Waals surface area (Å²) in [6, 6.07) is 6.79. The Hall–Kier alpha value is -2.76. The number of anilines is 2. The van der Waals surface area contributed by atoms with Crippen molar-refractivity contribution in [3.05, 3.63) is 46.2 Å². The maximum Gasteiger partial charge on any atom is 0.273 e. The van der Waals surface area contributed by atoms with Crippen LogP contribution in [0, 0.1) is 0 Å². The molecule has 166 valence electrons. The minimum atomic E-state index is -0.512. The number of nitrogens with one attached hydrogen (secondary N) is 1. The number of carbonyl (C=O) groups excluding carboxylic acids is 3. The highest BCUT2D eigenvalue weighted by atomic mass is 79.9. The summed E-state index contributed by atoms with van der Waals surface area (Å²) in [5.41, 5.74) is 12.0. The highest BCUT2D eigenvalue weighted by molar-refractivity contribution is 6.31. The standard InChI is InChI=1S/C19H22ClN7O3.BrH/c1-27(2,9-7-23-17(28)13-15(21)25-16(22)14(20)24-13)10-8-26-18(29)11-5-3-4-6-12(11)19(26)30;/h3-6H,7-10H2,1-2H3,(H4-,21,22,23,25,28);1H.